The van der Waals surface area contributed by atoms with E-state index >= 15 is 0 Å². The minimum Gasteiger partial charge on any atom is -0.461 e. The summed E-state index contributed by atoms with van der Waals surface area (Å²) in [4.78, 5) is 11.3. The number of allylic oxidation sites excluding steroid dienone is 1. The zero-order chi connectivity index (χ0) is 12.3. The van der Waals surface area contributed by atoms with Crippen molar-refractivity contribution in [2.75, 3.05) is 0 Å². The Morgan fingerprint density at radius 1 is 1.29 bits per heavy atom. The fraction of sp³-hybridized carbons (Fsp3) is 0.267. The van der Waals surface area contributed by atoms with Gasteiger partial charge in [0.1, 0.15) is 6.61 Å². The van der Waals surface area contributed by atoms with Crippen molar-refractivity contribution in [1.82, 2.24) is 0 Å². The minimum atomic E-state index is -0.207. The molecule has 0 saturated heterocycles. The van der Waals surface area contributed by atoms with Gasteiger partial charge in [-0.2, -0.15) is 0 Å². The molecule has 0 heterocycles. The molecule has 1 aromatic carbocycles. The minimum absolute atomic E-state index is 0.207. The largest absolute Gasteiger partial charge is 0.461 e. The van der Waals surface area contributed by atoms with E-state index in [0.29, 0.717) is 25.9 Å². The number of carbonyl (C=O) groups is 1. The first-order valence-corrected chi connectivity index (χ1v) is 5.59. The second-order valence-corrected chi connectivity index (χ2v) is 3.49. The van der Waals surface area contributed by atoms with Gasteiger partial charge in [0.25, 0.3) is 0 Å². The van der Waals surface area contributed by atoms with Crippen molar-refractivity contribution in [2.24, 2.45) is 0 Å². The maximum absolute atomic E-state index is 11.3. The molecule has 1 aromatic rings. The highest BCUT2D eigenvalue weighted by atomic mass is 16.5. The van der Waals surface area contributed by atoms with Crippen LogP contribution in [0.1, 0.15) is 24.8 Å². The molecule has 2 nitrogen and oxygen atoms in total. The van der Waals surface area contributed by atoms with Gasteiger partial charge in [0, 0.05) is 12.8 Å². The van der Waals surface area contributed by atoms with Crippen LogP contribution < -0.4 is 0 Å². The van der Waals surface area contributed by atoms with Gasteiger partial charge in [0.2, 0.25) is 0 Å². The van der Waals surface area contributed by atoms with Gasteiger partial charge in [-0.1, -0.05) is 42.3 Å². The molecule has 0 aliphatic heterocycles. The Morgan fingerprint density at radius 2 is 2.06 bits per heavy atom. The third-order valence-electron chi connectivity index (χ3n) is 2.07. The topological polar surface area (TPSA) is 26.3 Å². The van der Waals surface area contributed by atoms with Crippen LogP contribution in [0.3, 0.4) is 0 Å². The third kappa shape index (κ3) is 6.21. The van der Waals surface area contributed by atoms with Crippen LogP contribution in [-0.4, -0.2) is 5.97 Å². The van der Waals surface area contributed by atoms with Crippen LogP contribution in [0.2, 0.25) is 0 Å². The van der Waals surface area contributed by atoms with Crippen LogP contribution in [-0.2, 0) is 16.1 Å². The Hall–Kier alpha value is -2.01. The Kier molecular flexibility index (Phi) is 6.28. The molecule has 0 aromatic heterocycles. The molecular weight excluding hydrogens is 212 g/mol. The van der Waals surface area contributed by atoms with Crippen LogP contribution in [0.15, 0.2) is 43.0 Å². The first-order valence-electron chi connectivity index (χ1n) is 5.59. The van der Waals surface area contributed by atoms with E-state index in [-0.39, 0.29) is 5.97 Å². The fourth-order valence-corrected chi connectivity index (χ4v) is 1.21. The molecule has 0 amide bonds. The molecule has 0 radical (unpaired) electrons. The molecule has 0 N–H and O–H groups in total. The Balaban J connectivity index is 2.18. The highest BCUT2D eigenvalue weighted by Crippen LogP contribution is 2.02. The van der Waals surface area contributed by atoms with Gasteiger partial charge >= 0.3 is 5.97 Å². The highest BCUT2D eigenvalue weighted by molar-refractivity contribution is 5.69. The standard InChI is InChI=1S/C15H16O2/c1-2-3-4-5-9-12-15(16)17-13-14-10-7-6-8-11-14/h2,6-8,10-11H,1,3,9,12-13H2. The second kappa shape index (κ2) is 8.18. The lowest BCUT2D eigenvalue weighted by Gasteiger charge is -2.02. The maximum Gasteiger partial charge on any atom is 0.307 e. The lowest BCUT2D eigenvalue weighted by molar-refractivity contribution is -0.144. The fourth-order valence-electron chi connectivity index (χ4n) is 1.21. The highest BCUT2D eigenvalue weighted by Gasteiger charge is 2.01. The van der Waals surface area contributed by atoms with Gasteiger partial charge < -0.3 is 4.74 Å². The van der Waals surface area contributed by atoms with E-state index in [1.165, 1.54) is 0 Å². The van der Waals surface area contributed by atoms with Crippen LogP contribution in [0.4, 0.5) is 0 Å². The zero-order valence-corrected chi connectivity index (χ0v) is 9.82. The number of hydrogen-bond donors (Lipinski definition) is 0. The number of hydrogen-bond acceptors (Lipinski definition) is 2. The first kappa shape index (κ1) is 13.1. The molecule has 0 fully saturated rings. The quantitative estimate of drug-likeness (QED) is 0.440. The molecule has 0 aliphatic carbocycles. The summed E-state index contributed by atoms with van der Waals surface area (Å²) in [6.07, 6.45) is 3.29. The molecule has 0 unspecified atom stereocenters. The predicted octanol–water partition coefficient (Wildman–Crippen LogP) is 3.09. The van der Waals surface area contributed by atoms with Gasteiger partial charge in [-0.05, 0) is 5.56 Å². The van der Waals surface area contributed by atoms with Gasteiger partial charge in [-0.15, -0.1) is 12.5 Å². The normalized spacial score (nSPS) is 8.94. The van der Waals surface area contributed by atoms with E-state index < -0.39 is 0 Å². The molecule has 0 bridgehead atoms. The van der Waals surface area contributed by atoms with Crippen molar-refractivity contribution >= 4 is 5.97 Å². The van der Waals surface area contributed by atoms with E-state index in [0.717, 1.165) is 5.56 Å². The number of carbonyl (C=O) groups excluding carboxylic acids is 1. The SMILES string of the molecule is C=CCC#CCCC(=O)OCc1ccccc1. The lowest BCUT2D eigenvalue weighted by atomic mass is 10.2. The molecule has 2 heteroatoms. The Labute approximate surface area is 102 Å². The summed E-state index contributed by atoms with van der Waals surface area (Å²) in [6.45, 7) is 3.90. The zero-order valence-electron chi connectivity index (χ0n) is 9.82. The number of esters is 1. The molecule has 88 valence electrons. The van der Waals surface area contributed by atoms with E-state index in [1.54, 1.807) is 6.08 Å². The van der Waals surface area contributed by atoms with Crippen LogP contribution in [0.5, 0.6) is 0 Å². The summed E-state index contributed by atoms with van der Waals surface area (Å²) in [7, 11) is 0. The Morgan fingerprint density at radius 3 is 2.76 bits per heavy atom. The summed E-state index contributed by atoms with van der Waals surface area (Å²) < 4.78 is 5.11. The van der Waals surface area contributed by atoms with E-state index in [2.05, 4.69) is 18.4 Å². The molecule has 0 aliphatic rings. The molecule has 0 atom stereocenters. The Bertz CT molecular complexity index is 410. The number of benzene rings is 1. The number of ether oxygens (including phenoxy) is 1. The summed E-state index contributed by atoms with van der Waals surface area (Å²) in [5, 5.41) is 0. The second-order valence-electron chi connectivity index (χ2n) is 3.49. The summed E-state index contributed by atoms with van der Waals surface area (Å²) in [5.74, 6) is 5.57. The van der Waals surface area contributed by atoms with Crippen LogP contribution >= 0.6 is 0 Å². The third-order valence-corrected chi connectivity index (χ3v) is 2.07. The van der Waals surface area contributed by atoms with Gasteiger partial charge in [0.15, 0.2) is 0 Å². The predicted molar refractivity (Wildman–Crippen MR) is 68.1 cm³/mol. The number of rotatable bonds is 5. The van der Waals surface area contributed by atoms with Crippen molar-refractivity contribution < 1.29 is 9.53 Å². The monoisotopic (exact) mass is 228 g/mol. The molecule has 0 spiro atoms. The summed E-state index contributed by atoms with van der Waals surface area (Å²) >= 11 is 0. The molecule has 1 rings (SSSR count). The van der Waals surface area contributed by atoms with E-state index in [1.807, 2.05) is 30.3 Å². The smallest absolute Gasteiger partial charge is 0.307 e. The van der Waals surface area contributed by atoms with Crippen molar-refractivity contribution in [3.8, 4) is 11.8 Å². The summed E-state index contributed by atoms with van der Waals surface area (Å²) in [6, 6.07) is 9.63. The van der Waals surface area contributed by atoms with Crippen molar-refractivity contribution in [3.63, 3.8) is 0 Å². The van der Waals surface area contributed by atoms with Gasteiger partial charge in [-0.3, -0.25) is 4.79 Å². The maximum atomic E-state index is 11.3. The van der Waals surface area contributed by atoms with Crippen molar-refractivity contribution in [1.29, 1.82) is 0 Å². The summed E-state index contributed by atoms with van der Waals surface area (Å²) in [5.41, 5.74) is 0.999. The average molecular weight is 228 g/mol. The van der Waals surface area contributed by atoms with E-state index in [4.69, 9.17) is 4.74 Å². The van der Waals surface area contributed by atoms with Crippen LogP contribution in [0.25, 0.3) is 0 Å². The molecule has 17 heavy (non-hydrogen) atoms. The molecular formula is C15H16O2. The van der Waals surface area contributed by atoms with Gasteiger partial charge in [0.05, 0.1) is 6.42 Å². The van der Waals surface area contributed by atoms with Crippen LogP contribution in [0, 0.1) is 11.8 Å². The first-order chi connectivity index (χ1) is 8.33. The molecule has 0 saturated carbocycles. The average Bonchev–Trinajstić information content (AvgIpc) is 2.37. The van der Waals surface area contributed by atoms with Gasteiger partial charge in [-0.25, -0.2) is 0 Å². The van der Waals surface area contributed by atoms with Crippen molar-refractivity contribution in [2.45, 2.75) is 25.9 Å². The lowest BCUT2D eigenvalue weighted by Crippen LogP contribution is -2.03. The van der Waals surface area contributed by atoms with Crippen molar-refractivity contribution in [3.05, 3.63) is 48.6 Å². The van der Waals surface area contributed by atoms with E-state index in [9.17, 15) is 4.79 Å².